The van der Waals surface area contributed by atoms with Gasteiger partial charge in [-0.3, -0.25) is 14.6 Å². The number of carbonyl (C=O) groups is 2. The van der Waals surface area contributed by atoms with Crippen LogP contribution in [0.4, 0.5) is 5.69 Å². The Balaban J connectivity index is 0.00000336. The van der Waals surface area contributed by atoms with Gasteiger partial charge in [0.1, 0.15) is 0 Å². The molecule has 0 bridgehead atoms. The molecule has 1 amide bonds. The minimum absolute atomic E-state index is 0. The van der Waals surface area contributed by atoms with E-state index in [4.69, 9.17) is 23.2 Å². The van der Waals surface area contributed by atoms with Crippen molar-refractivity contribution < 1.29 is 14.7 Å². The number of hydrogen-bond donors (Lipinski definition) is 4. The second-order valence-electron chi connectivity index (χ2n) is 9.97. The molecule has 202 valence electrons. The van der Waals surface area contributed by atoms with E-state index < -0.39 is 0 Å². The minimum atomic E-state index is -0.151. The molecule has 7 nitrogen and oxygen atoms in total. The van der Waals surface area contributed by atoms with Gasteiger partial charge < -0.3 is 21.1 Å². The van der Waals surface area contributed by atoms with E-state index in [1.807, 2.05) is 18.2 Å². The van der Waals surface area contributed by atoms with Crippen LogP contribution in [-0.4, -0.2) is 46.5 Å². The predicted molar refractivity (Wildman–Crippen MR) is 154 cm³/mol. The third-order valence-corrected chi connectivity index (χ3v) is 7.97. The highest BCUT2D eigenvalue weighted by atomic mass is 35.5. The maximum atomic E-state index is 12.5. The fraction of sp³-hybridized carbons (Fsp3) is 0.414. The van der Waals surface area contributed by atoms with E-state index in [2.05, 4.69) is 20.9 Å². The highest BCUT2D eigenvalue weighted by Gasteiger charge is 2.28. The number of carbonyl (C=O) groups excluding carboxylic acids is 2. The van der Waals surface area contributed by atoms with E-state index in [0.717, 1.165) is 72.8 Å². The molecule has 1 aromatic heterocycles. The molecule has 0 unspecified atom stereocenters. The molecule has 9 heteroatoms. The first-order valence-electron chi connectivity index (χ1n) is 12.7. The topological polar surface area (TPSA) is 103 Å². The van der Waals surface area contributed by atoms with Crippen LogP contribution in [0.15, 0.2) is 36.5 Å². The number of phenolic OH excluding ortho intramolecular Hbond substituents is 1. The van der Waals surface area contributed by atoms with Gasteiger partial charge in [-0.2, -0.15) is 0 Å². The molecule has 5 rings (SSSR count). The lowest BCUT2D eigenvalue weighted by molar-refractivity contribution is -0.123. The standard InChI is InChI=1S/C28H30Cl2N4O3.CH4/c1-15(35)21-14-32-24-9-4-16(17-12-22(29)27(36)23(30)13-17)11-20(24)26(21)33-18-5-7-19(8-6-18)34-28(37)25-3-2-10-31-25;/h4,9,11-14,18-19,25,31,36H,2-3,5-8,10H2,1H3,(H,32,33)(H,34,37);1H4/t18?,19?,25-;/m0./s1. The summed E-state index contributed by atoms with van der Waals surface area (Å²) < 4.78 is 0. The highest BCUT2D eigenvalue weighted by Crippen LogP contribution is 2.38. The Hall–Kier alpha value is -2.87. The smallest absolute Gasteiger partial charge is 0.237 e. The number of nitrogens with zero attached hydrogens (tertiary/aromatic N) is 1. The van der Waals surface area contributed by atoms with Crippen molar-refractivity contribution in [2.45, 2.75) is 71.0 Å². The fourth-order valence-electron chi connectivity index (χ4n) is 5.32. The number of aromatic hydroxyl groups is 1. The molecular formula is C29H34Cl2N4O3. The lowest BCUT2D eigenvalue weighted by atomic mass is 9.90. The number of amides is 1. The van der Waals surface area contributed by atoms with E-state index in [-0.39, 0.29) is 53.0 Å². The van der Waals surface area contributed by atoms with Crippen LogP contribution in [0.5, 0.6) is 5.75 Å². The van der Waals surface area contributed by atoms with Gasteiger partial charge in [-0.25, -0.2) is 0 Å². The summed E-state index contributed by atoms with van der Waals surface area (Å²) in [5.74, 6) is -0.111. The van der Waals surface area contributed by atoms with Crippen molar-refractivity contribution in [1.82, 2.24) is 15.6 Å². The Morgan fingerprint density at radius 3 is 2.32 bits per heavy atom. The molecule has 1 saturated heterocycles. The number of hydrogen-bond acceptors (Lipinski definition) is 6. The van der Waals surface area contributed by atoms with Crippen LogP contribution in [0.1, 0.15) is 63.2 Å². The van der Waals surface area contributed by atoms with Gasteiger partial charge in [0.05, 0.1) is 32.9 Å². The Morgan fingerprint density at radius 1 is 1.00 bits per heavy atom. The molecule has 3 aromatic rings. The van der Waals surface area contributed by atoms with Gasteiger partial charge >= 0.3 is 0 Å². The SMILES string of the molecule is C.CC(=O)c1cnc2ccc(-c3cc(Cl)c(O)c(Cl)c3)cc2c1NC1CCC(NC(=O)[C@@H]2CCCN2)CC1. The number of Topliss-reactive ketones (excluding diaryl/α,β-unsaturated/α-hetero) is 1. The van der Waals surface area contributed by atoms with Crippen molar-refractivity contribution in [3.63, 3.8) is 0 Å². The molecule has 1 atom stereocenters. The molecule has 1 saturated carbocycles. The predicted octanol–water partition coefficient (Wildman–Crippen LogP) is 6.34. The number of halogens is 2. The monoisotopic (exact) mass is 556 g/mol. The van der Waals surface area contributed by atoms with Crippen LogP contribution in [0.25, 0.3) is 22.0 Å². The van der Waals surface area contributed by atoms with Crippen LogP contribution < -0.4 is 16.0 Å². The van der Waals surface area contributed by atoms with Crippen molar-refractivity contribution in [2.75, 3.05) is 11.9 Å². The van der Waals surface area contributed by atoms with Gasteiger partial charge in [0.15, 0.2) is 11.5 Å². The number of aromatic nitrogens is 1. The quantitative estimate of drug-likeness (QED) is 0.264. The van der Waals surface area contributed by atoms with E-state index in [1.54, 1.807) is 25.3 Å². The van der Waals surface area contributed by atoms with Gasteiger partial charge in [-0.05, 0) is 87.4 Å². The molecule has 1 aliphatic heterocycles. The molecule has 2 heterocycles. The number of ketones is 1. The molecule has 4 N–H and O–H groups in total. The fourth-order valence-corrected chi connectivity index (χ4v) is 5.81. The Morgan fingerprint density at radius 2 is 1.68 bits per heavy atom. The Labute approximate surface area is 233 Å². The van der Waals surface area contributed by atoms with Gasteiger partial charge in [0, 0.05) is 23.7 Å². The summed E-state index contributed by atoms with van der Waals surface area (Å²) in [5, 5.41) is 21.2. The number of nitrogens with one attached hydrogen (secondary N) is 3. The maximum absolute atomic E-state index is 12.5. The van der Waals surface area contributed by atoms with E-state index in [0.29, 0.717) is 5.56 Å². The molecule has 1 aliphatic carbocycles. The molecule has 2 fully saturated rings. The number of pyridine rings is 1. The van der Waals surface area contributed by atoms with E-state index in [9.17, 15) is 14.7 Å². The second-order valence-corrected chi connectivity index (χ2v) is 10.8. The minimum Gasteiger partial charge on any atom is -0.505 e. The van der Waals surface area contributed by atoms with Crippen LogP contribution in [0, 0.1) is 0 Å². The van der Waals surface area contributed by atoms with Crippen LogP contribution >= 0.6 is 23.2 Å². The molecule has 2 aliphatic rings. The average molecular weight is 558 g/mol. The van der Waals surface area contributed by atoms with E-state index in [1.165, 1.54) is 0 Å². The molecule has 38 heavy (non-hydrogen) atoms. The largest absolute Gasteiger partial charge is 0.505 e. The van der Waals surface area contributed by atoms with Crippen molar-refractivity contribution in [3.8, 4) is 16.9 Å². The van der Waals surface area contributed by atoms with Crippen molar-refractivity contribution in [1.29, 1.82) is 0 Å². The summed E-state index contributed by atoms with van der Waals surface area (Å²) in [6, 6.07) is 9.39. The summed E-state index contributed by atoms with van der Waals surface area (Å²) in [6.07, 6.45) is 7.09. The first kappa shape index (κ1) is 28.1. The first-order chi connectivity index (χ1) is 17.8. The highest BCUT2D eigenvalue weighted by molar-refractivity contribution is 6.37. The summed E-state index contributed by atoms with van der Waals surface area (Å²) >= 11 is 12.3. The average Bonchev–Trinajstić information content (AvgIpc) is 3.43. The van der Waals surface area contributed by atoms with Gasteiger partial charge in [0.2, 0.25) is 5.91 Å². The number of benzene rings is 2. The summed E-state index contributed by atoms with van der Waals surface area (Å²) in [7, 11) is 0. The number of rotatable bonds is 6. The lowest BCUT2D eigenvalue weighted by Gasteiger charge is -2.31. The van der Waals surface area contributed by atoms with E-state index >= 15 is 0 Å². The van der Waals surface area contributed by atoms with Crippen LogP contribution in [-0.2, 0) is 4.79 Å². The summed E-state index contributed by atoms with van der Waals surface area (Å²) in [4.78, 5) is 29.6. The van der Waals surface area contributed by atoms with Gasteiger partial charge in [0.25, 0.3) is 0 Å². The summed E-state index contributed by atoms with van der Waals surface area (Å²) in [5.41, 5.74) is 3.65. The molecule has 0 radical (unpaired) electrons. The summed E-state index contributed by atoms with van der Waals surface area (Å²) in [6.45, 7) is 2.45. The zero-order valence-corrected chi connectivity index (χ0v) is 22.1. The maximum Gasteiger partial charge on any atom is 0.237 e. The van der Waals surface area contributed by atoms with Gasteiger partial charge in [-0.15, -0.1) is 0 Å². The third kappa shape index (κ3) is 5.90. The number of phenols is 1. The molecule has 0 spiro atoms. The third-order valence-electron chi connectivity index (χ3n) is 7.40. The molecular weight excluding hydrogens is 523 g/mol. The van der Waals surface area contributed by atoms with Crippen LogP contribution in [0.2, 0.25) is 10.0 Å². The zero-order valence-electron chi connectivity index (χ0n) is 20.6. The second kappa shape index (κ2) is 11.9. The Bertz CT molecular complexity index is 1330. The molecule has 2 aromatic carbocycles. The van der Waals surface area contributed by atoms with Crippen molar-refractivity contribution in [2.24, 2.45) is 0 Å². The van der Waals surface area contributed by atoms with Crippen LogP contribution in [0.3, 0.4) is 0 Å². The van der Waals surface area contributed by atoms with Crippen molar-refractivity contribution >= 4 is 51.5 Å². The lowest BCUT2D eigenvalue weighted by Crippen LogP contribution is -2.47. The first-order valence-corrected chi connectivity index (χ1v) is 13.5. The normalized spacial score (nSPS) is 21.1. The Kier molecular flexibility index (Phi) is 8.81. The number of anilines is 1. The number of fused-ring (bicyclic) bond motifs is 1. The van der Waals surface area contributed by atoms with Gasteiger partial charge in [-0.1, -0.05) is 36.7 Å². The van der Waals surface area contributed by atoms with Crippen molar-refractivity contribution in [3.05, 3.63) is 52.1 Å². The zero-order chi connectivity index (χ0) is 26.1.